The van der Waals surface area contributed by atoms with Crippen molar-refractivity contribution < 1.29 is 4.79 Å². The normalized spacial score (nSPS) is 12.0. The number of carbonyl (C=O) groups excluding carboxylic acids is 1. The first-order valence-corrected chi connectivity index (χ1v) is 8.58. The minimum Gasteiger partial charge on any atom is -0.266 e. The van der Waals surface area contributed by atoms with Crippen LogP contribution in [0.1, 0.15) is 22.2 Å². The molecule has 1 heterocycles. The maximum atomic E-state index is 12.3. The Morgan fingerprint density at radius 1 is 1.12 bits per heavy atom. The van der Waals surface area contributed by atoms with E-state index in [1.54, 1.807) is 6.21 Å². The highest BCUT2D eigenvalue weighted by atomic mass is 35.5. The number of nitrogens with one attached hydrogen (secondary N) is 1. The van der Waals surface area contributed by atoms with Crippen molar-refractivity contribution in [1.82, 2.24) is 5.43 Å². The number of hydrazone groups is 1. The van der Waals surface area contributed by atoms with Crippen LogP contribution in [-0.2, 0) is 0 Å². The Bertz CT molecular complexity index is 929. The van der Waals surface area contributed by atoms with E-state index in [0.29, 0.717) is 9.90 Å². The van der Waals surface area contributed by atoms with Gasteiger partial charge in [-0.05, 0) is 24.1 Å². The van der Waals surface area contributed by atoms with E-state index in [1.165, 1.54) is 11.3 Å². The average molecular weight is 355 g/mol. The minimum absolute atomic E-state index is 0.301. The zero-order chi connectivity index (χ0) is 16.9. The molecule has 0 aliphatic rings. The fraction of sp³-hybridized carbons (Fsp3) is 0.0526. The number of hydrogen-bond acceptors (Lipinski definition) is 3. The molecular formula is C19H15ClN2OS. The molecule has 0 saturated carbocycles. The number of amides is 1. The summed E-state index contributed by atoms with van der Waals surface area (Å²) >= 11 is 7.65. The van der Waals surface area contributed by atoms with Gasteiger partial charge in [-0.15, -0.1) is 11.3 Å². The third-order valence-corrected chi connectivity index (χ3v) is 5.04. The second-order valence-corrected chi connectivity index (χ2v) is 6.67. The molecule has 0 atom stereocenters. The number of rotatable bonds is 4. The fourth-order valence-electron chi connectivity index (χ4n) is 2.25. The van der Waals surface area contributed by atoms with E-state index in [2.05, 4.69) is 10.5 Å². The molecule has 2 aromatic carbocycles. The number of benzene rings is 2. The lowest BCUT2D eigenvalue weighted by molar-refractivity contribution is 0.0959. The number of carbonyl (C=O) groups is 1. The van der Waals surface area contributed by atoms with E-state index in [-0.39, 0.29) is 5.91 Å². The van der Waals surface area contributed by atoms with Gasteiger partial charge in [-0.2, -0.15) is 5.10 Å². The fourth-order valence-corrected chi connectivity index (χ4v) is 3.66. The van der Waals surface area contributed by atoms with Crippen LogP contribution >= 0.6 is 22.9 Å². The third kappa shape index (κ3) is 3.72. The molecule has 24 heavy (non-hydrogen) atoms. The molecule has 1 amide bonds. The largest absolute Gasteiger partial charge is 0.283 e. The maximum absolute atomic E-state index is 12.3. The van der Waals surface area contributed by atoms with Gasteiger partial charge in [0.05, 0.1) is 11.2 Å². The number of fused-ring (bicyclic) bond motifs is 1. The van der Waals surface area contributed by atoms with Crippen LogP contribution in [-0.4, -0.2) is 12.1 Å². The molecule has 1 aromatic heterocycles. The zero-order valence-corrected chi connectivity index (χ0v) is 14.6. The summed E-state index contributed by atoms with van der Waals surface area (Å²) in [5.74, 6) is -0.301. The monoisotopic (exact) mass is 354 g/mol. The first-order chi connectivity index (χ1) is 11.6. The van der Waals surface area contributed by atoms with E-state index in [0.717, 1.165) is 21.2 Å². The summed E-state index contributed by atoms with van der Waals surface area (Å²) in [7, 11) is 0. The molecule has 0 aliphatic carbocycles. The topological polar surface area (TPSA) is 41.5 Å². The number of nitrogens with zero attached hydrogens (tertiary/aromatic N) is 1. The van der Waals surface area contributed by atoms with Gasteiger partial charge in [0.1, 0.15) is 4.88 Å². The van der Waals surface area contributed by atoms with Gasteiger partial charge in [0.15, 0.2) is 0 Å². The molecule has 1 N–H and O–H groups in total. The summed E-state index contributed by atoms with van der Waals surface area (Å²) in [4.78, 5) is 12.7. The molecule has 0 bridgehead atoms. The summed E-state index contributed by atoms with van der Waals surface area (Å²) in [5, 5.41) is 5.37. The molecule has 3 rings (SSSR count). The Morgan fingerprint density at radius 3 is 2.58 bits per heavy atom. The number of allylic oxidation sites excluding steroid dienone is 1. The zero-order valence-electron chi connectivity index (χ0n) is 13.0. The average Bonchev–Trinajstić information content (AvgIpc) is 2.93. The predicted molar refractivity (Wildman–Crippen MR) is 103 cm³/mol. The molecule has 3 aromatic rings. The van der Waals surface area contributed by atoms with Crippen molar-refractivity contribution in [3.63, 3.8) is 0 Å². The summed E-state index contributed by atoms with van der Waals surface area (Å²) in [6.45, 7) is 1.93. The lowest BCUT2D eigenvalue weighted by Gasteiger charge is -1.98. The van der Waals surface area contributed by atoms with E-state index >= 15 is 0 Å². The minimum atomic E-state index is -0.301. The van der Waals surface area contributed by atoms with Gasteiger partial charge in [-0.25, -0.2) is 5.43 Å². The Kier molecular flexibility index (Phi) is 5.08. The Hall–Kier alpha value is -2.43. The lowest BCUT2D eigenvalue weighted by atomic mass is 10.1. The third-order valence-electron chi connectivity index (χ3n) is 3.37. The summed E-state index contributed by atoms with van der Waals surface area (Å²) in [6.07, 6.45) is 3.61. The van der Waals surface area contributed by atoms with Crippen LogP contribution in [0.15, 0.2) is 65.3 Å². The van der Waals surface area contributed by atoms with Crippen LogP contribution in [0.3, 0.4) is 0 Å². The van der Waals surface area contributed by atoms with Crippen LogP contribution in [0.5, 0.6) is 0 Å². The quantitative estimate of drug-likeness (QED) is 0.496. The molecule has 0 radical (unpaired) electrons. The summed E-state index contributed by atoms with van der Waals surface area (Å²) in [6, 6.07) is 17.6. The van der Waals surface area contributed by atoms with E-state index in [9.17, 15) is 4.79 Å². The Balaban J connectivity index is 1.70. The van der Waals surface area contributed by atoms with Crippen molar-refractivity contribution in [2.24, 2.45) is 5.10 Å². The molecule has 120 valence electrons. The number of thiophene rings is 1. The van der Waals surface area contributed by atoms with Crippen LogP contribution in [0.4, 0.5) is 0 Å². The second kappa shape index (κ2) is 7.43. The lowest BCUT2D eigenvalue weighted by Crippen LogP contribution is -2.16. The highest BCUT2D eigenvalue weighted by Crippen LogP contribution is 2.34. The van der Waals surface area contributed by atoms with Crippen molar-refractivity contribution in [3.8, 4) is 0 Å². The number of halogens is 1. The van der Waals surface area contributed by atoms with E-state index in [4.69, 9.17) is 11.6 Å². The van der Waals surface area contributed by atoms with Gasteiger partial charge in [0.25, 0.3) is 5.91 Å². The van der Waals surface area contributed by atoms with Crippen molar-refractivity contribution >= 4 is 51.2 Å². The van der Waals surface area contributed by atoms with Crippen molar-refractivity contribution in [3.05, 3.63) is 75.6 Å². The van der Waals surface area contributed by atoms with E-state index in [1.807, 2.05) is 67.6 Å². The first kappa shape index (κ1) is 16.4. The molecule has 0 unspecified atom stereocenters. The van der Waals surface area contributed by atoms with Gasteiger partial charge in [-0.3, -0.25) is 4.79 Å². The highest BCUT2D eigenvalue weighted by Gasteiger charge is 2.16. The summed E-state index contributed by atoms with van der Waals surface area (Å²) < 4.78 is 0.983. The van der Waals surface area contributed by atoms with Crippen LogP contribution in [0, 0.1) is 0 Å². The smallest absolute Gasteiger partial charge is 0.266 e. The van der Waals surface area contributed by atoms with Crippen molar-refractivity contribution in [2.75, 3.05) is 0 Å². The molecule has 3 nitrogen and oxygen atoms in total. The van der Waals surface area contributed by atoms with Gasteiger partial charge in [0.2, 0.25) is 0 Å². The Morgan fingerprint density at radius 2 is 1.83 bits per heavy atom. The maximum Gasteiger partial charge on any atom is 0.283 e. The van der Waals surface area contributed by atoms with Gasteiger partial charge >= 0.3 is 0 Å². The molecule has 0 fully saturated rings. The Labute approximate surface area is 149 Å². The van der Waals surface area contributed by atoms with Crippen LogP contribution < -0.4 is 5.43 Å². The van der Waals surface area contributed by atoms with Gasteiger partial charge < -0.3 is 0 Å². The van der Waals surface area contributed by atoms with Gasteiger partial charge in [0, 0.05) is 10.1 Å². The summed E-state index contributed by atoms with van der Waals surface area (Å²) in [5.41, 5.74) is 4.55. The molecule has 5 heteroatoms. The van der Waals surface area contributed by atoms with Crippen LogP contribution in [0.25, 0.3) is 16.2 Å². The second-order valence-electron chi connectivity index (χ2n) is 5.24. The highest BCUT2D eigenvalue weighted by molar-refractivity contribution is 7.21. The van der Waals surface area contributed by atoms with Gasteiger partial charge in [-0.1, -0.05) is 66.2 Å². The number of hydrogen-bond donors (Lipinski definition) is 1. The molecule has 0 spiro atoms. The molecule has 0 saturated heterocycles. The predicted octanol–water partition coefficient (Wildman–Crippen LogP) is 5.37. The van der Waals surface area contributed by atoms with Crippen molar-refractivity contribution in [2.45, 2.75) is 6.92 Å². The SMILES string of the molecule is CC(/C=N/NC(=O)c1sc2ccccc2c1Cl)=C\c1ccccc1. The van der Waals surface area contributed by atoms with E-state index < -0.39 is 0 Å². The van der Waals surface area contributed by atoms with Crippen LogP contribution in [0.2, 0.25) is 5.02 Å². The molecular weight excluding hydrogens is 340 g/mol. The van der Waals surface area contributed by atoms with Crippen molar-refractivity contribution in [1.29, 1.82) is 0 Å². The standard InChI is InChI=1S/C19H15ClN2OS/c1-13(11-14-7-3-2-4-8-14)12-21-22-19(23)18-17(20)15-9-5-6-10-16(15)24-18/h2-12H,1H3,(H,22,23)/b13-11+,21-12+. The molecule has 0 aliphatic heterocycles. The first-order valence-electron chi connectivity index (χ1n) is 7.39.